The molecule has 1 aromatic carbocycles. The van der Waals surface area contributed by atoms with Crippen LogP contribution in [0.3, 0.4) is 0 Å². The fourth-order valence-electron chi connectivity index (χ4n) is 1.19. The average Bonchev–Trinajstić information content (AvgIpc) is 2.29. The summed E-state index contributed by atoms with van der Waals surface area (Å²) in [5.41, 5.74) is 0.937. The van der Waals surface area contributed by atoms with E-state index in [9.17, 15) is 14.9 Å². The summed E-state index contributed by atoms with van der Waals surface area (Å²) in [7, 11) is 0. The Labute approximate surface area is 92.0 Å². The maximum absolute atomic E-state index is 10.7. The third-order valence-corrected chi connectivity index (χ3v) is 2.03. The number of benzene rings is 1. The smallest absolute Gasteiger partial charge is 0.269 e. The monoisotopic (exact) mass is 224 g/mol. The standard InChI is InChI=1S/C10H12N2O4/c13-7-10(14)11-6-5-8-1-3-9(4-2-8)12(15)16/h1-4,13H,5-7H2,(H,11,14). The maximum Gasteiger partial charge on any atom is 0.269 e. The van der Waals surface area contributed by atoms with Gasteiger partial charge in [-0.15, -0.1) is 0 Å². The Hall–Kier alpha value is -1.95. The van der Waals surface area contributed by atoms with Gasteiger partial charge in [0.25, 0.3) is 5.69 Å². The highest BCUT2D eigenvalue weighted by molar-refractivity contribution is 5.76. The van der Waals surface area contributed by atoms with E-state index in [1.165, 1.54) is 12.1 Å². The van der Waals surface area contributed by atoms with Crippen molar-refractivity contribution in [3.05, 3.63) is 39.9 Å². The van der Waals surface area contributed by atoms with Gasteiger partial charge in [0.2, 0.25) is 5.91 Å². The fourth-order valence-corrected chi connectivity index (χ4v) is 1.19. The lowest BCUT2D eigenvalue weighted by Gasteiger charge is -2.02. The number of nitro groups is 1. The van der Waals surface area contributed by atoms with Gasteiger partial charge in [0, 0.05) is 18.7 Å². The molecule has 0 unspecified atom stereocenters. The largest absolute Gasteiger partial charge is 0.387 e. The van der Waals surface area contributed by atoms with E-state index < -0.39 is 17.4 Å². The van der Waals surface area contributed by atoms with Gasteiger partial charge in [-0.2, -0.15) is 0 Å². The van der Waals surface area contributed by atoms with Gasteiger partial charge < -0.3 is 10.4 Å². The molecule has 0 aliphatic heterocycles. The van der Waals surface area contributed by atoms with E-state index >= 15 is 0 Å². The summed E-state index contributed by atoms with van der Waals surface area (Å²) in [6.45, 7) is -0.128. The van der Waals surface area contributed by atoms with Gasteiger partial charge in [-0.05, 0) is 12.0 Å². The number of nitro benzene ring substituents is 1. The molecule has 0 saturated heterocycles. The molecule has 2 N–H and O–H groups in total. The lowest BCUT2D eigenvalue weighted by Crippen LogP contribution is -2.28. The van der Waals surface area contributed by atoms with Crippen LogP contribution >= 0.6 is 0 Å². The minimum atomic E-state index is -0.528. The highest BCUT2D eigenvalue weighted by atomic mass is 16.6. The zero-order valence-electron chi connectivity index (χ0n) is 8.55. The van der Waals surface area contributed by atoms with Crippen molar-refractivity contribution in [2.24, 2.45) is 0 Å². The Morgan fingerprint density at radius 1 is 1.38 bits per heavy atom. The summed E-state index contributed by atoms with van der Waals surface area (Å²) in [4.78, 5) is 20.6. The Bertz CT molecular complexity index is 375. The number of aliphatic hydroxyl groups excluding tert-OH is 1. The van der Waals surface area contributed by atoms with Gasteiger partial charge in [0.15, 0.2) is 0 Å². The molecule has 0 atom stereocenters. The summed E-state index contributed by atoms with van der Waals surface area (Å²) in [6, 6.07) is 6.12. The molecule has 0 aliphatic rings. The van der Waals surface area contributed by atoms with Crippen molar-refractivity contribution in [3.63, 3.8) is 0 Å². The van der Waals surface area contributed by atoms with Gasteiger partial charge >= 0.3 is 0 Å². The molecule has 1 rings (SSSR count). The fraction of sp³-hybridized carbons (Fsp3) is 0.300. The van der Waals surface area contributed by atoms with Crippen LogP contribution in [-0.2, 0) is 11.2 Å². The van der Waals surface area contributed by atoms with Crippen LogP contribution in [0, 0.1) is 10.1 Å². The predicted molar refractivity (Wildman–Crippen MR) is 56.9 cm³/mol. The van der Waals surface area contributed by atoms with Gasteiger partial charge in [-0.3, -0.25) is 14.9 Å². The van der Waals surface area contributed by atoms with Crippen LogP contribution in [0.15, 0.2) is 24.3 Å². The molecule has 0 radical (unpaired) electrons. The lowest BCUT2D eigenvalue weighted by atomic mass is 10.1. The molecular formula is C10H12N2O4. The first kappa shape index (κ1) is 12.1. The zero-order valence-corrected chi connectivity index (χ0v) is 8.55. The van der Waals surface area contributed by atoms with Gasteiger partial charge in [-0.1, -0.05) is 12.1 Å². The van der Waals surface area contributed by atoms with Crippen LogP contribution in [-0.4, -0.2) is 29.1 Å². The Morgan fingerprint density at radius 2 is 2.00 bits per heavy atom. The molecule has 0 aromatic heterocycles. The van der Waals surface area contributed by atoms with Crippen LogP contribution < -0.4 is 5.32 Å². The average molecular weight is 224 g/mol. The Balaban J connectivity index is 2.43. The molecule has 0 saturated carbocycles. The van der Waals surface area contributed by atoms with Crippen molar-refractivity contribution in [1.82, 2.24) is 5.32 Å². The van der Waals surface area contributed by atoms with Crippen molar-refractivity contribution < 1.29 is 14.8 Å². The van der Waals surface area contributed by atoms with Crippen LogP contribution in [0.4, 0.5) is 5.69 Å². The molecule has 1 amide bonds. The van der Waals surface area contributed by atoms with Gasteiger partial charge in [0.05, 0.1) is 4.92 Å². The SMILES string of the molecule is O=C(CO)NCCc1ccc([N+](=O)[O-])cc1. The third-order valence-electron chi connectivity index (χ3n) is 2.03. The number of rotatable bonds is 5. The summed E-state index contributed by atoms with van der Waals surface area (Å²) in [5, 5.41) is 21.3. The van der Waals surface area contributed by atoms with Crippen molar-refractivity contribution in [2.75, 3.05) is 13.2 Å². The van der Waals surface area contributed by atoms with Crippen LogP contribution in [0.1, 0.15) is 5.56 Å². The molecule has 1 aromatic rings. The topological polar surface area (TPSA) is 92.5 Å². The number of nitrogens with one attached hydrogen (secondary N) is 1. The molecule has 86 valence electrons. The highest BCUT2D eigenvalue weighted by Gasteiger charge is 2.04. The zero-order chi connectivity index (χ0) is 12.0. The molecule has 0 bridgehead atoms. The number of carbonyl (C=O) groups is 1. The number of amides is 1. The van der Waals surface area contributed by atoms with Crippen LogP contribution in [0.5, 0.6) is 0 Å². The summed E-state index contributed by atoms with van der Waals surface area (Å²) < 4.78 is 0. The van der Waals surface area contributed by atoms with E-state index in [1.807, 2.05) is 0 Å². The van der Waals surface area contributed by atoms with Gasteiger partial charge in [0.1, 0.15) is 6.61 Å². The van der Waals surface area contributed by atoms with E-state index in [-0.39, 0.29) is 5.69 Å². The molecule has 0 fully saturated rings. The normalized spacial score (nSPS) is 9.81. The van der Waals surface area contributed by atoms with E-state index in [2.05, 4.69) is 5.32 Å². The summed E-state index contributed by atoms with van der Waals surface area (Å²) in [6.07, 6.45) is 0.573. The van der Waals surface area contributed by atoms with Crippen LogP contribution in [0.25, 0.3) is 0 Å². The summed E-state index contributed by atoms with van der Waals surface area (Å²) >= 11 is 0. The van der Waals surface area contributed by atoms with Crippen molar-refractivity contribution in [1.29, 1.82) is 0 Å². The third kappa shape index (κ3) is 3.66. The second-order valence-electron chi connectivity index (χ2n) is 3.18. The van der Waals surface area contributed by atoms with Crippen LogP contribution in [0.2, 0.25) is 0 Å². The highest BCUT2D eigenvalue weighted by Crippen LogP contribution is 2.11. The lowest BCUT2D eigenvalue weighted by molar-refractivity contribution is -0.384. The number of aliphatic hydroxyl groups is 1. The number of nitrogens with zero attached hydrogens (tertiary/aromatic N) is 1. The molecule has 6 heteroatoms. The first-order chi connectivity index (χ1) is 7.63. The van der Waals surface area contributed by atoms with Crippen molar-refractivity contribution >= 4 is 11.6 Å². The number of carbonyl (C=O) groups excluding carboxylic acids is 1. The summed E-state index contributed by atoms with van der Waals surface area (Å²) in [5.74, 6) is -0.429. The van der Waals surface area contributed by atoms with Crippen molar-refractivity contribution in [2.45, 2.75) is 6.42 Å². The molecule has 0 heterocycles. The van der Waals surface area contributed by atoms with E-state index in [4.69, 9.17) is 5.11 Å². The molecular weight excluding hydrogens is 212 g/mol. The number of non-ortho nitro benzene ring substituents is 1. The second kappa shape index (κ2) is 5.82. The first-order valence-corrected chi connectivity index (χ1v) is 4.74. The predicted octanol–water partition coefficient (Wildman–Crippen LogP) is 0.246. The Morgan fingerprint density at radius 3 is 2.50 bits per heavy atom. The van der Waals surface area contributed by atoms with E-state index in [0.717, 1.165) is 5.56 Å². The molecule has 0 spiro atoms. The second-order valence-corrected chi connectivity index (χ2v) is 3.18. The molecule has 16 heavy (non-hydrogen) atoms. The number of hydrogen-bond acceptors (Lipinski definition) is 4. The minimum Gasteiger partial charge on any atom is -0.387 e. The van der Waals surface area contributed by atoms with E-state index in [0.29, 0.717) is 13.0 Å². The van der Waals surface area contributed by atoms with Crippen molar-refractivity contribution in [3.8, 4) is 0 Å². The molecule has 0 aliphatic carbocycles. The quantitative estimate of drug-likeness (QED) is 0.553. The first-order valence-electron chi connectivity index (χ1n) is 4.74. The maximum atomic E-state index is 10.7. The number of hydrogen-bond donors (Lipinski definition) is 2. The van der Waals surface area contributed by atoms with Gasteiger partial charge in [-0.25, -0.2) is 0 Å². The molecule has 6 nitrogen and oxygen atoms in total. The van der Waals surface area contributed by atoms with E-state index in [1.54, 1.807) is 12.1 Å². The minimum absolute atomic E-state index is 0.0446. The Kier molecular flexibility index (Phi) is 4.41.